The average Bonchev–Trinajstić information content (AvgIpc) is 2.75. The van der Waals surface area contributed by atoms with E-state index in [4.69, 9.17) is 0 Å². The second-order valence-corrected chi connectivity index (χ2v) is 6.82. The largest absolute Gasteiger partial charge is 0.336 e. The number of aromatic nitrogens is 4. The fourth-order valence-corrected chi connectivity index (χ4v) is 3.23. The van der Waals surface area contributed by atoms with Crippen LogP contribution in [0.3, 0.4) is 0 Å². The molecule has 4 rings (SSSR count). The van der Waals surface area contributed by atoms with Gasteiger partial charge in [-0.15, -0.1) is 12.4 Å². The molecule has 0 saturated heterocycles. The Hall–Kier alpha value is -3.46. The normalized spacial score (nSPS) is 13.6. The summed E-state index contributed by atoms with van der Waals surface area (Å²) >= 11 is 0. The quantitative estimate of drug-likeness (QED) is 0.657. The van der Waals surface area contributed by atoms with Gasteiger partial charge in [-0.05, 0) is 37.1 Å². The van der Waals surface area contributed by atoms with Gasteiger partial charge in [-0.2, -0.15) is 0 Å². The SMILES string of the molecule is CC1=C(c2cnc(NC(=O)c3c(F)cccc3F)cn2)CN(c2ncccn2)CC1.Cl. The number of nitrogens with zero attached hydrogens (tertiary/aromatic N) is 5. The molecular weight excluding hydrogens is 426 g/mol. The molecule has 0 fully saturated rings. The van der Waals surface area contributed by atoms with Crippen molar-refractivity contribution in [2.75, 3.05) is 23.3 Å². The van der Waals surface area contributed by atoms with Crippen LogP contribution in [-0.4, -0.2) is 38.9 Å². The maximum Gasteiger partial charge on any atom is 0.262 e. The number of hydrogen-bond acceptors (Lipinski definition) is 6. The molecule has 0 radical (unpaired) electrons. The summed E-state index contributed by atoms with van der Waals surface area (Å²) in [5.74, 6) is -2.06. The van der Waals surface area contributed by atoms with E-state index in [9.17, 15) is 13.6 Å². The maximum atomic E-state index is 13.8. The summed E-state index contributed by atoms with van der Waals surface area (Å²) in [5, 5.41) is 2.38. The Kier molecular flexibility index (Phi) is 6.86. The van der Waals surface area contributed by atoms with E-state index in [-0.39, 0.29) is 18.2 Å². The van der Waals surface area contributed by atoms with E-state index >= 15 is 0 Å². The minimum absolute atomic E-state index is 0. The van der Waals surface area contributed by atoms with Crippen molar-refractivity contribution in [2.24, 2.45) is 0 Å². The highest BCUT2D eigenvalue weighted by molar-refractivity contribution is 6.04. The Morgan fingerprint density at radius 1 is 1.03 bits per heavy atom. The third kappa shape index (κ3) is 4.83. The van der Waals surface area contributed by atoms with Gasteiger partial charge in [-0.3, -0.25) is 9.78 Å². The summed E-state index contributed by atoms with van der Waals surface area (Å²) in [7, 11) is 0. The third-order valence-corrected chi connectivity index (χ3v) is 4.85. The van der Waals surface area contributed by atoms with Gasteiger partial charge in [0, 0.05) is 25.5 Å². The van der Waals surface area contributed by atoms with Crippen LogP contribution in [-0.2, 0) is 0 Å². The summed E-state index contributed by atoms with van der Waals surface area (Å²) in [6, 6.07) is 5.00. The van der Waals surface area contributed by atoms with Crippen LogP contribution in [0, 0.1) is 11.6 Å². The molecule has 1 aliphatic heterocycles. The topological polar surface area (TPSA) is 83.9 Å². The molecule has 2 aromatic heterocycles. The van der Waals surface area contributed by atoms with Crippen molar-refractivity contribution in [1.29, 1.82) is 0 Å². The first kappa shape index (κ1) is 22.2. The van der Waals surface area contributed by atoms with E-state index in [1.165, 1.54) is 24.0 Å². The molecule has 0 saturated carbocycles. The van der Waals surface area contributed by atoms with Gasteiger partial charge >= 0.3 is 0 Å². The van der Waals surface area contributed by atoms with Crippen molar-refractivity contribution in [3.63, 3.8) is 0 Å². The maximum absolute atomic E-state index is 13.8. The Labute approximate surface area is 183 Å². The van der Waals surface area contributed by atoms with E-state index in [0.29, 0.717) is 18.2 Å². The number of benzene rings is 1. The molecule has 0 spiro atoms. The van der Waals surface area contributed by atoms with Crippen molar-refractivity contribution in [3.05, 3.63) is 77.5 Å². The van der Waals surface area contributed by atoms with Crippen LogP contribution in [0.15, 0.2) is 54.6 Å². The lowest BCUT2D eigenvalue weighted by molar-refractivity contribution is 0.101. The highest BCUT2D eigenvalue weighted by Crippen LogP contribution is 2.27. The van der Waals surface area contributed by atoms with Crippen molar-refractivity contribution in [1.82, 2.24) is 19.9 Å². The van der Waals surface area contributed by atoms with Crippen LogP contribution >= 0.6 is 12.4 Å². The molecule has 31 heavy (non-hydrogen) atoms. The first-order valence-corrected chi connectivity index (χ1v) is 9.31. The summed E-state index contributed by atoms with van der Waals surface area (Å²) in [4.78, 5) is 31.4. The summed E-state index contributed by atoms with van der Waals surface area (Å²) in [5.41, 5.74) is 2.18. The fourth-order valence-electron chi connectivity index (χ4n) is 3.23. The first-order chi connectivity index (χ1) is 14.5. The predicted molar refractivity (Wildman–Crippen MR) is 115 cm³/mol. The molecule has 1 N–H and O–H groups in total. The zero-order chi connectivity index (χ0) is 21.1. The van der Waals surface area contributed by atoms with Gasteiger partial charge in [0.15, 0.2) is 5.82 Å². The van der Waals surface area contributed by atoms with E-state index in [0.717, 1.165) is 30.7 Å². The molecule has 10 heteroatoms. The molecule has 0 bridgehead atoms. The number of anilines is 2. The van der Waals surface area contributed by atoms with E-state index in [2.05, 4.69) is 30.2 Å². The van der Waals surface area contributed by atoms with Crippen LogP contribution in [0.2, 0.25) is 0 Å². The van der Waals surface area contributed by atoms with Gasteiger partial charge < -0.3 is 10.2 Å². The molecule has 1 aromatic carbocycles. The molecule has 0 unspecified atom stereocenters. The summed E-state index contributed by atoms with van der Waals surface area (Å²) in [6.07, 6.45) is 7.12. The molecule has 3 heterocycles. The molecule has 1 aliphatic rings. The zero-order valence-electron chi connectivity index (χ0n) is 16.5. The van der Waals surface area contributed by atoms with Gasteiger partial charge in [0.1, 0.15) is 17.2 Å². The molecule has 0 aliphatic carbocycles. The highest BCUT2D eigenvalue weighted by atomic mass is 35.5. The Morgan fingerprint density at radius 3 is 2.39 bits per heavy atom. The summed E-state index contributed by atoms with van der Waals surface area (Å²) < 4.78 is 27.5. The summed E-state index contributed by atoms with van der Waals surface area (Å²) in [6.45, 7) is 3.42. The highest BCUT2D eigenvalue weighted by Gasteiger charge is 2.21. The fraction of sp³-hybridized carbons (Fsp3) is 0.190. The second-order valence-electron chi connectivity index (χ2n) is 6.82. The lowest BCUT2D eigenvalue weighted by atomic mass is 9.99. The molecule has 0 atom stereocenters. The Bertz CT molecular complexity index is 1090. The van der Waals surface area contributed by atoms with Crippen LogP contribution in [0.1, 0.15) is 29.4 Å². The van der Waals surface area contributed by atoms with E-state index in [1.54, 1.807) is 18.5 Å². The molecule has 160 valence electrons. The van der Waals surface area contributed by atoms with E-state index in [1.807, 2.05) is 6.92 Å². The monoisotopic (exact) mass is 444 g/mol. The number of nitrogens with one attached hydrogen (secondary N) is 1. The standard InChI is InChI=1S/C21H18F2N6O.ClH/c1-13-6-9-29(21-24-7-3-8-25-21)12-14(13)17-10-27-18(11-26-17)28-20(30)19-15(22)4-2-5-16(19)23;/h2-5,7-8,10-11H,6,9,12H2,1H3,(H,27,28,30);1H. The lowest BCUT2D eigenvalue weighted by Gasteiger charge is -2.29. The van der Waals surface area contributed by atoms with Crippen LogP contribution in [0.25, 0.3) is 5.57 Å². The van der Waals surface area contributed by atoms with Crippen molar-refractivity contribution >= 4 is 35.7 Å². The minimum atomic E-state index is -0.941. The Balaban J connectivity index is 0.00000272. The van der Waals surface area contributed by atoms with Crippen molar-refractivity contribution in [2.45, 2.75) is 13.3 Å². The number of hydrogen-bond donors (Lipinski definition) is 1. The van der Waals surface area contributed by atoms with Crippen molar-refractivity contribution < 1.29 is 13.6 Å². The lowest BCUT2D eigenvalue weighted by Crippen LogP contribution is -2.32. The second kappa shape index (κ2) is 9.57. The van der Waals surface area contributed by atoms with Crippen molar-refractivity contribution in [3.8, 4) is 0 Å². The predicted octanol–water partition coefficient (Wildman–Crippen LogP) is 3.90. The Morgan fingerprint density at radius 2 is 1.74 bits per heavy atom. The third-order valence-electron chi connectivity index (χ3n) is 4.85. The van der Waals surface area contributed by atoms with Crippen LogP contribution < -0.4 is 10.2 Å². The number of amides is 1. The van der Waals surface area contributed by atoms with Gasteiger partial charge in [-0.25, -0.2) is 23.7 Å². The van der Waals surface area contributed by atoms with Crippen LogP contribution in [0.4, 0.5) is 20.5 Å². The number of carbonyl (C=O) groups is 1. The molecule has 1 amide bonds. The van der Waals surface area contributed by atoms with Gasteiger partial charge in [0.2, 0.25) is 5.95 Å². The number of carbonyl (C=O) groups excluding carboxylic acids is 1. The molecule has 7 nitrogen and oxygen atoms in total. The zero-order valence-corrected chi connectivity index (χ0v) is 17.4. The molecular formula is C21H19ClF2N6O. The number of rotatable bonds is 4. The van der Waals surface area contributed by atoms with Crippen LogP contribution in [0.5, 0.6) is 0 Å². The minimum Gasteiger partial charge on any atom is -0.336 e. The van der Waals surface area contributed by atoms with Gasteiger partial charge in [-0.1, -0.05) is 11.6 Å². The smallest absolute Gasteiger partial charge is 0.262 e. The first-order valence-electron chi connectivity index (χ1n) is 9.31. The van der Waals surface area contributed by atoms with Gasteiger partial charge in [0.25, 0.3) is 5.91 Å². The molecule has 3 aromatic rings. The average molecular weight is 445 g/mol. The number of halogens is 3. The van der Waals surface area contributed by atoms with E-state index < -0.39 is 23.1 Å². The van der Waals surface area contributed by atoms with Gasteiger partial charge in [0.05, 0.1) is 18.1 Å².